The van der Waals surface area contributed by atoms with Gasteiger partial charge in [0.15, 0.2) is 0 Å². The molecule has 2 aromatic rings. The van der Waals surface area contributed by atoms with Crippen molar-refractivity contribution in [2.24, 2.45) is 0 Å². The molecule has 0 spiro atoms. The van der Waals surface area contributed by atoms with Gasteiger partial charge in [0.2, 0.25) is 0 Å². The normalized spacial score (nSPS) is 10.5. The predicted octanol–water partition coefficient (Wildman–Crippen LogP) is 3.80. The molecule has 0 fully saturated rings. The van der Waals surface area contributed by atoms with E-state index >= 15 is 0 Å². The first-order valence-electron chi connectivity index (χ1n) is 6.19. The van der Waals surface area contributed by atoms with Crippen LogP contribution >= 0.6 is 11.6 Å². The van der Waals surface area contributed by atoms with Gasteiger partial charge in [-0.1, -0.05) is 11.6 Å². The first-order chi connectivity index (χ1) is 9.69. The van der Waals surface area contributed by atoms with Gasteiger partial charge in [-0.2, -0.15) is 9.59 Å². The minimum atomic E-state index is -0.505. The molecular formula is C15H16ClNO4. The second kappa shape index (κ2) is 6.57. The fourth-order valence-electron chi connectivity index (χ4n) is 1.73. The van der Waals surface area contributed by atoms with Gasteiger partial charge < -0.3 is 4.74 Å². The van der Waals surface area contributed by atoms with E-state index in [1.165, 1.54) is 4.57 Å². The zero-order valence-electron chi connectivity index (χ0n) is 12.3. The number of benzene rings is 1. The number of hydrogen-bond acceptors (Lipinski definition) is 4. The molecule has 5 nitrogen and oxygen atoms in total. The molecule has 1 aromatic carbocycles. The van der Waals surface area contributed by atoms with Crippen molar-refractivity contribution >= 4 is 34.7 Å². The molecule has 0 radical (unpaired) electrons. The third kappa shape index (κ3) is 4.45. The van der Waals surface area contributed by atoms with Crippen molar-refractivity contribution in [1.29, 1.82) is 0 Å². The van der Waals surface area contributed by atoms with Gasteiger partial charge in [0.1, 0.15) is 5.60 Å². The number of ether oxygens (including phenoxy) is 1. The molecule has 0 aliphatic carbocycles. The molecule has 0 saturated heterocycles. The van der Waals surface area contributed by atoms with Crippen LogP contribution in [0.1, 0.15) is 26.3 Å². The standard InChI is InChI=1S/C14H16ClNO2.CO2/c1-9-7-12-10(8-11(9)15)5-6-16(12)13(17)18-14(2,3)4;2-1-3/h5-8H,1-4H3;. The monoisotopic (exact) mass is 309 g/mol. The summed E-state index contributed by atoms with van der Waals surface area (Å²) in [7, 11) is 0. The number of nitrogens with zero attached hydrogens (tertiary/aromatic N) is 1. The summed E-state index contributed by atoms with van der Waals surface area (Å²) < 4.78 is 6.86. The molecular weight excluding hydrogens is 294 g/mol. The van der Waals surface area contributed by atoms with Gasteiger partial charge in [-0.3, -0.25) is 4.57 Å². The second-order valence-electron chi connectivity index (χ2n) is 5.41. The average Bonchev–Trinajstić information content (AvgIpc) is 2.71. The summed E-state index contributed by atoms with van der Waals surface area (Å²) in [6.07, 6.45) is 1.58. The Morgan fingerprint density at radius 2 is 1.86 bits per heavy atom. The van der Waals surface area contributed by atoms with Crippen LogP contribution < -0.4 is 0 Å². The van der Waals surface area contributed by atoms with Gasteiger partial charge in [0, 0.05) is 16.6 Å². The molecule has 1 heterocycles. The molecule has 1 aromatic heterocycles. The van der Waals surface area contributed by atoms with Crippen LogP contribution in [0.25, 0.3) is 10.9 Å². The summed E-state index contributed by atoms with van der Waals surface area (Å²) in [5.41, 5.74) is 1.24. The quantitative estimate of drug-likeness (QED) is 0.742. The number of halogens is 1. The molecule has 0 atom stereocenters. The Bertz CT molecular complexity index is 691. The van der Waals surface area contributed by atoms with Gasteiger partial charge in [-0.15, -0.1) is 0 Å². The second-order valence-corrected chi connectivity index (χ2v) is 5.82. The van der Waals surface area contributed by atoms with E-state index in [9.17, 15) is 4.79 Å². The average molecular weight is 310 g/mol. The molecule has 0 aliphatic heterocycles. The Morgan fingerprint density at radius 1 is 1.29 bits per heavy atom. The van der Waals surface area contributed by atoms with Gasteiger partial charge in [0.05, 0.1) is 5.52 Å². The summed E-state index contributed by atoms with van der Waals surface area (Å²) in [5, 5.41) is 1.63. The summed E-state index contributed by atoms with van der Waals surface area (Å²) in [5.74, 6) is 0. The van der Waals surface area contributed by atoms with E-state index < -0.39 is 5.60 Å². The maximum absolute atomic E-state index is 12.0. The van der Waals surface area contributed by atoms with Gasteiger partial charge in [-0.25, -0.2) is 4.79 Å². The fourth-order valence-corrected chi connectivity index (χ4v) is 1.90. The van der Waals surface area contributed by atoms with Crippen LogP contribution in [-0.4, -0.2) is 22.4 Å². The highest BCUT2D eigenvalue weighted by molar-refractivity contribution is 6.32. The first kappa shape index (κ1) is 17.0. The molecule has 0 aliphatic rings. The Hall–Kier alpha value is -2.10. The lowest BCUT2D eigenvalue weighted by Crippen LogP contribution is -2.26. The van der Waals surface area contributed by atoms with E-state index in [4.69, 9.17) is 25.9 Å². The first-order valence-corrected chi connectivity index (χ1v) is 6.57. The number of carbonyl (C=O) groups excluding carboxylic acids is 3. The maximum atomic E-state index is 12.0. The Kier molecular flexibility index (Phi) is 5.30. The minimum absolute atomic E-state index is 0.250. The van der Waals surface area contributed by atoms with Crippen LogP contribution in [0.4, 0.5) is 4.79 Å². The summed E-state index contributed by atoms with van der Waals surface area (Å²) in [6.45, 7) is 7.45. The molecule has 6 heteroatoms. The van der Waals surface area contributed by atoms with Crippen LogP contribution in [0, 0.1) is 6.92 Å². The smallest absolute Gasteiger partial charge is 0.418 e. The molecule has 0 N–H and O–H groups in total. The zero-order valence-corrected chi connectivity index (χ0v) is 13.0. The van der Waals surface area contributed by atoms with E-state index in [0.717, 1.165) is 16.5 Å². The molecule has 21 heavy (non-hydrogen) atoms. The third-order valence-corrected chi connectivity index (χ3v) is 2.97. The molecule has 0 unspecified atom stereocenters. The Morgan fingerprint density at radius 3 is 2.38 bits per heavy atom. The molecule has 0 saturated carbocycles. The van der Waals surface area contributed by atoms with E-state index in [-0.39, 0.29) is 12.2 Å². The van der Waals surface area contributed by atoms with Crippen molar-refractivity contribution in [2.75, 3.05) is 0 Å². The van der Waals surface area contributed by atoms with Gasteiger partial charge in [-0.05, 0) is 51.5 Å². The number of aryl methyl sites for hydroxylation is 1. The van der Waals surface area contributed by atoms with E-state index in [0.29, 0.717) is 5.02 Å². The van der Waals surface area contributed by atoms with Crippen molar-refractivity contribution in [3.63, 3.8) is 0 Å². The number of aromatic nitrogens is 1. The van der Waals surface area contributed by atoms with Crippen LogP contribution in [0.5, 0.6) is 0 Å². The van der Waals surface area contributed by atoms with E-state index in [2.05, 4.69) is 0 Å². The van der Waals surface area contributed by atoms with Crippen molar-refractivity contribution in [2.45, 2.75) is 33.3 Å². The molecule has 0 amide bonds. The lowest BCUT2D eigenvalue weighted by atomic mass is 10.2. The highest BCUT2D eigenvalue weighted by atomic mass is 35.5. The van der Waals surface area contributed by atoms with Crippen molar-refractivity contribution in [1.82, 2.24) is 4.57 Å². The summed E-state index contributed by atoms with van der Waals surface area (Å²) >= 11 is 6.06. The van der Waals surface area contributed by atoms with Crippen LogP contribution in [-0.2, 0) is 14.3 Å². The number of hydrogen-bond donors (Lipinski definition) is 0. The third-order valence-electron chi connectivity index (χ3n) is 2.56. The SMILES string of the molecule is Cc1cc2c(ccn2C(=O)OC(C)(C)C)cc1Cl.O=C=O. The zero-order chi connectivity index (χ0) is 16.2. The summed E-state index contributed by atoms with van der Waals surface area (Å²) in [6, 6.07) is 5.60. The highest BCUT2D eigenvalue weighted by Crippen LogP contribution is 2.25. The lowest BCUT2D eigenvalue weighted by molar-refractivity contribution is -0.191. The Labute approximate surface area is 127 Å². The van der Waals surface area contributed by atoms with Crippen molar-refractivity contribution in [3.8, 4) is 0 Å². The van der Waals surface area contributed by atoms with Crippen molar-refractivity contribution < 1.29 is 19.1 Å². The number of rotatable bonds is 0. The molecule has 2 rings (SSSR count). The van der Waals surface area contributed by atoms with Crippen molar-refractivity contribution in [3.05, 3.63) is 35.0 Å². The largest absolute Gasteiger partial charge is 0.443 e. The minimum Gasteiger partial charge on any atom is -0.443 e. The topological polar surface area (TPSA) is 65.4 Å². The number of fused-ring (bicyclic) bond motifs is 1. The number of carbonyl (C=O) groups is 1. The Balaban J connectivity index is 0.000000677. The fraction of sp³-hybridized carbons (Fsp3) is 0.333. The summed E-state index contributed by atoms with van der Waals surface area (Å²) in [4.78, 5) is 28.3. The van der Waals surface area contributed by atoms with Crippen LogP contribution in [0.3, 0.4) is 0 Å². The van der Waals surface area contributed by atoms with Gasteiger partial charge in [0.25, 0.3) is 0 Å². The van der Waals surface area contributed by atoms with Crippen LogP contribution in [0.15, 0.2) is 24.4 Å². The van der Waals surface area contributed by atoms with Gasteiger partial charge >= 0.3 is 12.2 Å². The molecule has 0 bridgehead atoms. The lowest BCUT2D eigenvalue weighted by Gasteiger charge is -2.19. The van der Waals surface area contributed by atoms with E-state index in [1.807, 2.05) is 45.9 Å². The predicted molar refractivity (Wildman–Crippen MR) is 78.3 cm³/mol. The highest BCUT2D eigenvalue weighted by Gasteiger charge is 2.19. The van der Waals surface area contributed by atoms with Crippen LogP contribution in [0.2, 0.25) is 5.02 Å². The molecule has 112 valence electrons. The van der Waals surface area contributed by atoms with E-state index in [1.54, 1.807) is 6.20 Å². The maximum Gasteiger partial charge on any atom is 0.418 e.